The molecule has 128 valence electrons. The van der Waals surface area contributed by atoms with Crippen LogP contribution in [0.15, 0.2) is 18.2 Å². The third-order valence-corrected chi connectivity index (χ3v) is 3.65. The highest BCUT2D eigenvalue weighted by atomic mass is 127. The van der Waals surface area contributed by atoms with E-state index in [2.05, 4.69) is 10.3 Å². The van der Waals surface area contributed by atoms with Crippen molar-refractivity contribution in [1.29, 1.82) is 0 Å². The van der Waals surface area contributed by atoms with Crippen molar-refractivity contribution < 1.29 is 40.9 Å². The first kappa shape index (κ1) is 21.0. The van der Waals surface area contributed by atoms with Crippen LogP contribution in [0, 0.1) is 3.57 Å². The molecule has 0 amide bonds. The largest absolute Gasteiger partial charge is 0.417 e. The second kappa shape index (κ2) is 7.05. The predicted octanol–water partition coefficient (Wildman–Crippen LogP) is 2.24. The lowest BCUT2D eigenvalue weighted by Crippen LogP contribution is -2.21. The standard InChI is InChI=1S/C8H3F6IO2.H4N2O2S/c9-7(10,11)4-1-2-6(15(16)17)5(3-4)8(12,13)14;1-5(2,3)4/h1-3H;(H4,1,2,3,4). The molecule has 22 heavy (non-hydrogen) atoms. The Morgan fingerprint density at radius 3 is 1.59 bits per heavy atom. The van der Waals surface area contributed by atoms with Crippen molar-refractivity contribution in [3.05, 3.63) is 32.9 Å². The molecule has 1 rings (SSSR count). The Morgan fingerprint density at radius 1 is 0.909 bits per heavy atom. The Hall–Kier alpha value is -1.00. The van der Waals surface area contributed by atoms with E-state index in [1.165, 1.54) is 0 Å². The van der Waals surface area contributed by atoms with E-state index in [0.717, 1.165) is 0 Å². The van der Waals surface area contributed by atoms with E-state index < -0.39 is 57.1 Å². The molecule has 0 bridgehead atoms. The molecule has 0 radical (unpaired) electrons. The van der Waals surface area contributed by atoms with Gasteiger partial charge in [0.25, 0.3) is 10.2 Å². The summed E-state index contributed by atoms with van der Waals surface area (Å²) in [4.78, 5) is 0. The van der Waals surface area contributed by atoms with Crippen LogP contribution in [0.25, 0.3) is 0 Å². The summed E-state index contributed by atoms with van der Waals surface area (Å²) in [5.41, 5.74) is -3.31. The molecule has 1 aromatic rings. The van der Waals surface area contributed by atoms with Gasteiger partial charge in [-0.05, 0) is 18.2 Å². The van der Waals surface area contributed by atoms with E-state index in [-0.39, 0.29) is 6.07 Å². The molecule has 4 N–H and O–H groups in total. The van der Waals surface area contributed by atoms with Gasteiger partial charge in [0.1, 0.15) is 0 Å². The fourth-order valence-corrected chi connectivity index (χ4v) is 2.46. The first-order valence-corrected chi connectivity index (χ1v) is 9.12. The Balaban J connectivity index is 0.000000763. The number of halogens is 7. The number of alkyl halides is 6. The molecule has 0 aliphatic heterocycles. The van der Waals surface area contributed by atoms with Crippen molar-refractivity contribution in [3.8, 4) is 0 Å². The summed E-state index contributed by atoms with van der Waals surface area (Å²) in [5, 5.41) is 8.21. The number of nitrogens with two attached hydrogens (primary N) is 2. The van der Waals surface area contributed by atoms with Crippen molar-refractivity contribution in [2.75, 3.05) is 0 Å². The van der Waals surface area contributed by atoms with Crippen LogP contribution in [0.5, 0.6) is 0 Å². The summed E-state index contributed by atoms with van der Waals surface area (Å²) in [6.45, 7) is 0. The van der Waals surface area contributed by atoms with Crippen molar-refractivity contribution >= 4 is 30.0 Å². The lowest BCUT2D eigenvalue weighted by atomic mass is 10.1. The second-order valence-electron chi connectivity index (χ2n) is 3.50. The van der Waals surface area contributed by atoms with Crippen LogP contribution in [0.4, 0.5) is 26.3 Å². The normalized spacial score (nSPS) is 12.8. The van der Waals surface area contributed by atoms with Gasteiger partial charge >= 0.3 is 32.1 Å². The van der Waals surface area contributed by atoms with Crippen LogP contribution in [-0.4, -0.2) is 8.42 Å². The molecule has 0 atom stereocenters. The molecular weight excluding hydrogens is 461 g/mol. The third-order valence-electron chi connectivity index (χ3n) is 1.77. The Morgan fingerprint density at radius 2 is 1.32 bits per heavy atom. The molecule has 0 spiro atoms. The maximum atomic E-state index is 12.4. The Bertz CT molecular complexity index is 694. The topological polar surface area (TPSA) is 120 Å². The van der Waals surface area contributed by atoms with Gasteiger partial charge in [-0.15, -0.1) is 0 Å². The minimum Gasteiger partial charge on any atom is -0.230 e. The van der Waals surface area contributed by atoms with Gasteiger partial charge < -0.3 is 0 Å². The van der Waals surface area contributed by atoms with E-state index in [4.69, 9.17) is 0 Å². The zero-order valence-corrected chi connectivity index (χ0v) is 13.0. The quantitative estimate of drug-likeness (QED) is 0.485. The minimum absolute atomic E-state index is 0.199. The van der Waals surface area contributed by atoms with E-state index in [1.54, 1.807) is 0 Å². The van der Waals surface area contributed by atoms with Gasteiger partial charge in [0.15, 0.2) is 0 Å². The SMILES string of the molecule is NS(N)(=O)=O.O=I(=O)c1ccc(C(F)(F)F)cc1C(F)(F)F. The van der Waals surface area contributed by atoms with Gasteiger partial charge in [-0.1, -0.05) is 0 Å². The van der Waals surface area contributed by atoms with Gasteiger partial charge in [0.05, 0.1) is 14.7 Å². The molecule has 0 saturated heterocycles. The van der Waals surface area contributed by atoms with E-state index in [1.807, 2.05) is 0 Å². The first-order chi connectivity index (χ1) is 9.53. The number of hydrogen-bond acceptors (Lipinski definition) is 4. The van der Waals surface area contributed by atoms with Crippen LogP contribution in [0.3, 0.4) is 0 Å². The molecule has 0 aromatic heterocycles. The minimum atomic E-state index is -5.14. The van der Waals surface area contributed by atoms with Gasteiger partial charge in [-0.3, -0.25) is 0 Å². The molecule has 0 aliphatic rings. The lowest BCUT2D eigenvalue weighted by Gasteiger charge is -2.12. The number of hydrogen-bond donors (Lipinski definition) is 2. The zero-order valence-electron chi connectivity index (χ0n) is 10.1. The van der Waals surface area contributed by atoms with Crippen molar-refractivity contribution in [2.24, 2.45) is 10.3 Å². The smallest absolute Gasteiger partial charge is 0.230 e. The van der Waals surface area contributed by atoms with Gasteiger partial charge in [-0.25, -0.2) is 16.4 Å². The van der Waals surface area contributed by atoms with E-state index in [0.29, 0.717) is 12.1 Å². The summed E-state index contributed by atoms with van der Waals surface area (Å²) in [7, 11) is -3.67. The van der Waals surface area contributed by atoms with Crippen LogP contribution in [0.1, 0.15) is 11.1 Å². The Kier molecular flexibility index (Phi) is 6.73. The molecule has 1 aromatic carbocycles. The highest BCUT2D eigenvalue weighted by molar-refractivity contribution is 14.2. The number of rotatable bonds is 1. The van der Waals surface area contributed by atoms with Crippen LogP contribution in [0.2, 0.25) is 0 Å². The molecule has 0 heterocycles. The molecule has 14 heteroatoms. The van der Waals surface area contributed by atoms with Crippen molar-refractivity contribution in [3.63, 3.8) is 0 Å². The van der Waals surface area contributed by atoms with Crippen LogP contribution < -0.4 is 10.3 Å². The fraction of sp³-hybridized carbons (Fsp3) is 0.250. The van der Waals surface area contributed by atoms with Crippen LogP contribution in [-0.2, 0) is 28.7 Å². The van der Waals surface area contributed by atoms with Gasteiger partial charge in [0.2, 0.25) is 0 Å². The number of benzene rings is 1. The summed E-state index contributed by atoms with van der Waals surface area (Å²) >= 11 is -4.50. The molecule has 0 saturated carbocycles. The molecule has 0 fully saturated rings. The van der Waals surface area contributed by atoms with Gasteiger partial charge in [0, 0.05) is 0 Å². The highest BCUT2D eigenvalue weighted by Gasteiger charge is 2.39. The van der Waals surface area contributed by atoms with Crippen molar-refractivity contribution in [1.82, 2.24) is 0 Å². The third kappa shape index (κ3) is 7.85. The predicted molar refractivity (Wildman–Crippen MR) is 67.8 cm³/mol. The first-order valence-electron chi connectivity index (χ1n) is 4.67. The average Bonchev–Trinajstić information content (AvgIpc) is 2.23. The maximum Gasteiger partial charge on any atom is 0.417 e. The summed E-state index contributed by atoms with van der Waals surface area (Å²) in [6.07, 6.45) is -10.1. The Labute approximate surface area is 126 Å². The van der Waals surface area contributed by atoms with Crippen LogP contribution >= 0.6 is 19.8 Å². The monoisotopic (exact) mass is 468 g/mol. The molecular formula is C8H7F6IN2O4S. The highest BCUT2D eigenvalue weighted by Crippen LogP contribution is 2.39. The average molecular weight is 468 g/mol. The van der Waals surface area contributed by atoms with E-state index >= 15 is 0 Å². The zero-order chi connectivity index (χ0) is 17.9. The fourth-order valence-electron chi connectivity index (χ4n) is 1.05. The summed E-state index contributed by atoms with van der Waals surface area (Å²) in [5.74, 6) is 0. The molecule has 6 nitrogen and oxygen atoms in total. The molecule has 0 aliphatic carbocycles. The molecule has 0 unspecified atom stereocenters. The lowest BCUT2D eigenvalue weighted by molar-refractivity contribution is -0.143. The van der Waals surface area contributed by atoms with E-state index in [9.17, 15) is 40.9 Å². The summed E-state index contributed by atoms with van der Waals surface area (Å²) in [6, 6.07) is 0.441. The van der Waals surface area contributed by atoms with Gasteiger partial charge in [-0.2, -0.15) is 34.8 Å². The van der Waals surface area contributed by atoms with Crippen molar-refractivity contribution in [2.45, 2.75) is 12.4 Å². The summed E-state index contributed by atoms with van der Waals surface area (Å²) < 4.78 is 112. The second-order valence-corrected chi connectivity index (χ2v) is 7.08. The maximum absolute atomic E-state index is 12.4.